The molecule has 0 aliphatic rings. The highest BCUT2D eigenvalue weighted by molar-refractivity contribution is 5.92. The summed E-state index contributed by atoms with van der Waals surface area (Å²) in [6.45, 7) is 11.8. The molecule has 0 bridgehead atoms. The number of alkyl carbamates (subject to hydrolysis) is 1. The van der Waals surface area contributed by atoms with Gasteiger partial charge in [-0.25, -0.2) is 4.79 Å². The van der Waals surface area contributed by atoms with Crippen LogP contribution in [0.25, 0.3) is 0 Å². The van der Waals surface area contributed by atoms with Crippen molar-refractivity contribution < 1.29 is 23.9 Å². The fourth-order valence-corrected chi connectivity index (χ4v) is 3.52. The molecule has 0 heterocycles. The number of carbonyl (C=O) groups is 4. The highest BCUT2D eigenvalue weighted by Gasteiger charge is 2.29. The van der Waals surface area contributed by atoms with E-state index >= 15 is 0 Å². The van der Waals surface area contributed by atoms with E-state index in [4.69, 9.17) is 4.74 Å². The molecule has 3 amide bonds. The van der Waals surface area contributed by atoms with Gasteiger partial charge in [0.15, 0.2) is 0 Å². The van der Waals surface area contributed by atoms with Gasteiger partial charge in [-0.3, -0.25) is 9.59 Å². The minimum absolute atomic E-state index is 0.0873. The van der Waals surface area contributed by atoms with E-state index in [1.54, 1.807) is 0 Å². The first kappa shape index (κ1) is 29.1. The quantitative estimate of drug-likeness (QED) is 0.356. The van der Waals surface area contributed by atoms with Crippen molar-refractivity contribution >= 4 is 24.2 Å². The molecule has 3 atom stereocenters. The average Bonchev–Trinajstić information content (AvgIpc) is 2.76. The Morgan fingerprint density at radius 2 is 1.26 bits per heavy atom. The molecule has 0 saturated heterocycles. The molecule has 0 aliphatic carbocycles. The van der Waals surface area contributed by atoms with Crippen LogP contribution in [-0.2, 0) is 25.7 Å². The fourth-order valence-electron chi connectivity index (χ4n) is 3.52. The molecule has 190 valence electrons. The van der Waals surface area contributed by atoms with Gasteiger partial charge in [-0.1, -0.05) is 71.9 Å². The molecule has 8 nitrogen and oxygen atoms in total. The van der Waals surface area contributed by atoms with E-state index in [0.717, 1.165) is 11.8 Å². The normalized spacial score (nSPS) is 13.8. The second-order valence-corrected chi connectivity index (χ2v) is 9.96. The predicted octanol–water partition coefficient (Wildman–Crippen LogP) is 3.59. The first-order valence-corrected chi connectivity index (χ1v) is 12.0. The summed E-state index contributed by atoms with van der Waals surface area (Å²) >= 11 is 0. The third kappa shape index (κ3) is 11.8. The lowest BCUT2D eigenvalue weighted by molar-refractivity contribution is -0.131. The van der Waals surface area contributed by atoms with Crippen LogP contribution in [-0.4, -0.2) is 42.3 Å². The maximum absolute atomic E-state index is 13.1. The van der Waals surface area contributed by atoms with Crippen LogP contribution in [0.5, 0.6) is 0 Å². The van der Waals surface area contributed by atoms with Crippen LogP contribution in [0.15, 0.2) is 30.3 Å². The van der Waals surface area contributed by atoms with E-state index in [2.05, 4.69) is 16.0 Å². The van der Waals surface area contributed by atoms with Crippen LogP contribution >= 0.6 is 0 Å². The maximum atomic E-state index is 13.1. The predicted molar refractivity (Wildman–Crippen MR) is 132 cm³/mol. The lowest BCUT2D eigenvalue weighted by Crippen LogP contribution is -2.55. The topological polar surface area (TPSA) is 114 Å². The van der Waals surface area contributed by atoms with Crippen molar-refractivity contribution in [3.05, 3.63) is 35.9 Å². The fraction of sp³-hybridized carbons (Fsp3) is 0.615. The Hall–Kier alpha value is -2.90. The molecular weight excluding hydrogens is 434 g/mol. The number of ether oxygens (including phenoxy) is 1. The van der Waals surface area contributed by atoms with E-state index in [0.29, 0.717) is 19.3 Å². The highest BCUT2D eigenvalue weighted by atomic mass is 16.5. The van der Waals surface area contributed by atoms with E-state index in [1.807, 2.05) is 71.9 Å². The molecule has 3 N–H and O–H groups in total. The zero-order valence-electron chi connectivity index (χ0n) is 21.3. The van der Waals surface area contributed by atoms with Crippen molar-refractivity contribution in [3.8, 4) is 0 Å². The SMILES string of the molecule is CC(C)C[C@H](NC(=O)[C@@H](CC(C)C)NC(=O)OCc1ccccc1)C(=O)N[C@@H](C=O)CC(C)C. The van der Waals surface area contributed by atoms with Gasteiger partial charge in [0, 0.05) is 0 Å². The summed E-state index contributed by atoms with van der Waals surface area (Å²) < 4.78 is 5.26. The summed E-state index contributed by atoms with van der Waals surface area (Å²) in [6, 6.07) is 6.96. The number of hydrogen-bond acceptors (Lipinski definition) is 5. The Kier molecular flexibility index (Phi) is 12.9. The van der Waals surface area contributed by atoms with Crippen molar-refractivity contribution in [2.24, 2.45) is 17.8 Å². The van der Waals surface area contributed by atoms with Gasteiger partial charge in [0.25, 0.3) is 0 Å². The molecular formula is C26H41N3O5. The van der Waals surface area contributed by atoms with Crippen LogP contribution < -0.4 is 16.0 Å². The molecule has 0 aliphatic heterocycles. The number of benzene rings is 1. The second-order valence-electron chi connectivity index (χ2n) is 9.96. The standard InChI is InChI=1S/C26H41N3O5/c1-17(2)12-21(15-30)27-24(31)22(13-18(3)4)28-25(32)23(14-19(5)6)29-26(33)34-16-20-10-8-7-9-11-20/h7-11,15,17-19,21-23H,12-14,16H2,1-6H3,(H,27,31)(H,28,32)(H,29,33)/t21-,22+,23-/m1/s1. The van der Waals surface area contributed by atoms with Crippen LogP contribution in [0.3, 0.4) is 0 Å². The molecule has 34 heavy (non-hydrogen) atoms. The smallest absolute Gasteiger partial charge is 0.408 e. The van der Waals surface area contributed by atoms with E-state index in [-0.39, 0.29) is 24.4 Å². The van der Waals surface area contributed by atoms with Crippen molar-refractivity contribution in [2.75, 3.05) is 0 Å². The Labute approximate surface area is 203 Å². The van der Waals surface area contributed by atoms with Gasteiger partial charge in [-0.2, -0.15) is 0 Å². The highest BCUT2D eigenvalue weighted by Crippen LogP contribution is 2.11. The molecule has 1 rings (SSSR count). The lowest BCUT2D eigenvalue weighted by atomic mass is 9.99. The van der Waals surface area contributed by atoms with Gasteiger partial charge >= 0.3 is 6.09 Å². The van der Waals surface area contributed by atoms with Crippen molar-refractivity contribution in [1.82, 2.24) is 16.0 Å². The van der Waals surface area contributed by atoms with Crippen LogP contribution in [0.4, 0.5) is 4.79 Å². The summed E-state index contributed by atoms with van der Waals surface area (Å²) in [5.74, 6) is -0.390. The largest absolute Gasteiger partial charge is 0.445 e. The molecule has 0 radical (unpaired) electrons. The van der Waals surface area contributed by atoms with E-state index in [1.165, 1.54) is 0 Å². The Balaban J connectivity index is 2.84. The van der Waals surface area contributed by atoms with Crippen molar-refractivity contribution in [2.45, 2.75) is 85.5 Å². The Morgan fingerprint density at radius 3 is 1.76 bits per heavy atom. The zero-order chi connectivity index (χ0) is 25.7. The Bertz CT molecular complexity index is 780. The maximum Gasteiger partial charge on any atom is 0.408 e. The first-order valence-electron chi connectivity index (χ1n) is 12.0. The monoisotopic (exact) mass is 475 g/mol. The van der Waals surface area contributed by atoms with Crippen LogP contribution in [0.1, 0.15) is 66.4 Å². The average molecular weight is 476 g/mol. The van der Waals surface area contributed by atoms with Gasteiger partial charge in [0.05, 0.1) is 6.04 Å². The molecule has 0 saturated carbocycles. The molecule has 8 heteroatoms. The molecule has 1 aromatic carbocycles. The zero-order valence-corrected chi connectivity index (χ0v) is 21.3. The minimum atomic E-state index is -0.858. The molecule has 0 unspecified atom stereocenters. The summed E-state index contributed by atoms with van der Waals surface area (Å²) in [5, 5.41) is 8.15. The van der Waals surface area contributed by atoms with Gasteiger partial charge in [-0.05, 0) is 42.6 Å². The third-order valence-corrected chi connectivity index (χ3v) is 5.09. The van der Waals surface area contributed by atoms with Crippen LogP contribution in [0.2, 0.25) is 0 Å². The number of rotatable bonds is 14. The lowest BCUT2D eigenvalue weighted by Gasteiger charge is -2.26. The number of aldehydes is 1. The number of carbonyl (C=O) groups excluding carboxylic acids is 4. The number of nitrogens with one attached hydrogen (secondary N) is 3. The minimum Gasteiger partial charge on any atom is -0.445 e. The first-order chi connectivity index (χ1) is 16.0. The van der Waals surface area contributed by atoms with E-state index in [9.17, 15) is 19.2 Å². The van der Waals surface area contributed by atoms with Crippen molar-refractivity contribution in [1.29, 1.82) is 0 Å². The molecule has 0 fully saturated rings. The molecule has 0 aromatic heterocycles. The summed E-state index contributed by atoms with van der Waals surface area (Å²) in [7, 11) is 0. The number of amides is 3. The third-order valence-electron chi connectivity index (χ3n) is 5.09. The second kappa shape index (κ2) is 15.1. The molecule has 0 spiro atoms. The molecule has 1 aromatic rings. The Morgan fingerprint density at radius 1 is 0.765 bits per heavy atom. The van der Waals surface area contributed by atoms with Gasteiger partial charge in [0.2, 0.25) is 11.8 Å². The summed E-state index contributed by atoms with van der Waals surface area (Å²) in [4.78, 5) is 49.7. The van der Waals surface area contributed by atoms with Gasteiger partial charge in [-0.15, -0.1) is 0 Å². The van der Waals surface area contributed by atoms with Crippen molar-refractivity contribution in [3.63, 3.8) is 0 Å². The number of hydrogen-bond donors (Lipinski definition) is 3. The summed E-state index contributed by atoms with van der Waals surface area (Å²) in [6.07, 6.45) is 1.32. The van der Waals surface area contributed by atoms with Gasteiger partial charge < -0.3 is 25.5 Å². The van der Waals surface area contributed by atoms with Gasteiger partial charge in [0.1, 0.15) is 25.0 Å². The van der Waals surface area contributed by atoms with E-state index < -0.39 is 36.0 Å². The van der Waals surface area contributed by atoms with Crippen LogP contribution in [0, 0.1) is 17.8 Å². The summed E-state index contributed by atoms with van der Waals surface area (Å²) in [5.41, 5.74) is 0.835.